The molecule has 0 saturated carbocycles. The maximum atomic E-state index is 13.1. The molecule has 0 radical (unpaired) electrons. The number of benzene rings is 2. The Hall–Kier alpha value is -3.14. The first-order valence-corrected chi connectivity index (χ1v) is 10.8. The molecule has 0 bridgehead atoms. The summed E-state index contributed by atoms with van der Waals surface area (Å²) in [7, 11) is 0. The lowest BCUT2D eigenvalue weighted by molar-refractivity contribution is 0.673. The molecule has 2 aromatic carbocycles. The summed E-state index contributed by atoms with van der Waals surface area (Å²) in [4.78, 5) is 19.7. The second-order valence-electron chi connectivity index (χ2n) is 6.39. The van der Waals surface area contributed by atoms with Crippen molar-refractivity contribution < 1.29 is 0 Å². The molecule has 0 aliphatic heterocycles. The van der Waals surface area contributed by atoms with E-state index in [0.29, 0.717) is 28.4 Å². The monoisotopic (exact) mass is 415 g/mol. The summed E-state index contributed by atoms with van der Waals surface area (Å²) in [5, 5.41) is 10.2. The second kappa shape index (κ2) is 8.48. The number of allylic oxidation sites excluding steroid dienone is 1. The molecule has 0 fully saturated rings. The van der Waals surface area contributed by atoms with Crippen LogP contribution in [-0.4, -0.2) is 9.55 Å². The normalized spacial score (nSPS) is 10.7. The van der Waals surface area contributed by atoms with Crippen LogP contribution in [0, 0.1) is 11.3 Å². The molecule has 142 valence electrons. The highest BCUT2D eigenvalue weighted by molar-refractivity contribution is 7.98. The number of hydrogen-bond donors (Lipinski definition) is 0. The molecule has 2 aromatic heterocycles. The first kappa shape index (κ1) is 19.2. The third kappa shape index (κ3) is 4.02. The molecule has 4 nitrogen and oxygen atoms in total. The molecule has 6 heteroatoms. The van der Waals surface area contributed by atoms with E-state index in [9.17, 15) is 4.79 Å². The zero-order chi connectivity index (χ0) is 20.2. The van der Waals surface area contributed by atoms with Gasteiger partial charge in [-0.3, -0.25) is 9.36 Å². The van der Waals surface area contributed by atoms with Crippen molar-refractivity contribution in [1.82, 2.24) is 9.55 Å². The highest BCUT2D eigenvalue weighted by Crippen LogP contribution is 2.32. The van der Waals surface area contributed by atoms with E-state index in [1.54, 1.807) is 22.8 Å². The Bertz CT molecular complexity index is 1270. The molecule has 0 aliphatic rings. The van der Waals surface area contributed by atoms with Gasteiger partial charge in [-0.15, -0.1) is 17.9 Å². The van der Waals surface area contributed by atoms with Gasteiger partial charge in [-0.25, -0.2) is 4.98 Å². The van der Waals surface area contributed by atoms with Gasteiger partial charge in [-0.05, 0) is 29.3 Å². The molecule has 2 heterocycles. The maximum Gasteiger partial charge on any atom is 0.263 e. The summed E-state index contributed by atoms with van der Waals surface area (Å²) in [6.45, 7) is 4.19. The molecule has 0 aliphatic carbocycles. The highest BCUT2D eigenvalue weighted by atomic mass is 32.2. The molecular formula is C23H17N3OS2. The Morgan fingerprint density at radius 2 is 1.93 bits per heavy atom. The summed E-state index contributed by atoms with van der Waals surface area (Å²) < 4.78 is 1.67. The Morgan fingerprint density at radius 1 is 1.17 bits per heavy atom. The molecule has 0 atom stereocenters. The summed E-state index contributed by atoms with van der Waals surface area (Å²) >= 11 is 3.05. The van der Waals surface area contributed by atoms with Crippen LogP contribution in [-0.2, 0) is 12.3 Å². The van der Waals surface area contributed by atoms with Crippen LogP contribution >= 0.6 is 23.1 Å². The number of nitrogens with zero attached hydrogens (tertiary/aromatic N) is 3. The molecule has 29 heavy (non-hydrogen) atoms. The van der Waals surface area contributed by atoms with E-state index in [1.165, 1.54) is 23.1 Å². The third-order valence-electron chi connectivity index (χ3n) is 4.44. The first-order valence-electron chi connectivity index (χ1n) is 9.02. The lowest BCUT2D eigenvalue weighted by Crippen LogP contribution is -2.22. The fourth-order valence-electron chi connectivity index (χ4n) is 2.97. The zero-order valence-electron chi connectivity index (χ0n) is 15.5. The summed E-state index contributed by atoms with van der Waals surface area (Å²) in [6.07, 6.45) is 1.71. The topological polar surface area (TPSA) is 58.7 Å². The predicted octanol–water partition coefficient (Wildman–Crippen LogP) is 5.47. The Balaban J connectivity index is 1.71. The number of hydrogen-bond acceptors (Lipinski definition) is 5. The van der Waals surface area contributed by atoms with E-state index in [0.717, 1.165) is 20.8 Å². The van der Waals surface area contributed by atoms with Crippen molar-refractivity contribution in [1.29, 1.82) is 5.26 Å². The van der Waals surface area contributed by atoms with Crippen LogP contribution < -0.4 is 5.56 Å². The van der Waals surface area contributed by atoms with Gasteiger partial charge in [0.25, 0.3) is 5.56 Å². The van der Waals surface area contributed by atoms with Crippen LogP contribution in [0.4, 0.5) is 0 Å². The third-order valence-corrected chi connectivity index (χ3v) is 6.56. The quantitative estimate of drug-likeness (QED) is 0.238. The molecule has 0 N–H and O–H groups in total. The number of fused-ring (bicyclic) bond motifs is 1. The van der Waals surface area contributed by atoms with Gasteiger partial charge in [0.05, 0.1) is 17.0 Å². The Morgan fingerprint density at radius 3 is 2.62 bits per heavy atom. The van der Waals surface area contributed by atoms with Gasteiger partial charge in [-0.1, -0.05) is 60.3 Å². The second-order valence-corrected chi connectivity index (χ2v) is 8.36. The first-order chi connectivity index (χ1) is 14.2. The lowest BCUT2D eigenvalue weighted by atomic mass is 10.2. The fraction of sp³-hybridized carbons (Fsp3) is 0.0870. The molecular weight excluding hydrogens is 398 g/mol. The Labute approximate surface area is 176 Å². The van der Waals surface area contributed by atoms with Crippen LogP contribution in [0.3, 0.4) is 0 Å². The van der Waals surface area contributed by atoms with Crippen LogP contribution in [0.15, 0.2) is 83.3 Å². The zero-order valence-corrected chi connectivity index (χ0v) is 17.2. The van der Waals surface area contributed by atoms with Gasteiger partial charge < -0.3 is 0 Å². The number of rotatable bonds is 6. The van der Waals surface area contributed by atoms with E-state index in [-0.39, 0.29) is 5.56 Å². The lowest BCUT2D eigenvalue weighted by Gasteiger charge is -2.10. The van der Waals surface area contributed by atoms with Crippen molar-refractivity contribution in [3.63, 3.8) is 0 Å². The van der Waals surface area contributed by atoms with Crippen LogP contribution in [0.2, 0.25) is 0 Å². The average molecular weight is 416 g/mol. The van der Waals surface area contributed by atoms with Crippen LogP contribution in [0.25, 0.3) is 20.7 Å². The molecule has 4 rings (SSSR count). The molecule has 0 spiro atoms. The van der Waals surface area contributed by atoms with Crippen LogP contribution in [0.1, 0.15) is 11.1 Å². The van der Waals surface area contributed by atoms with Crippen molar-refractivity contribution in [3.05, 3.63) is 94.8 Å². The molecule has 0 amide bonds. The molecule has 0 saturated heterocycles. The average Bonchev–Trinajstić information content (AvgIpc) is 3.20. The summed E-state index contributed by atoms with van der Waals surface area (Å²) in [5.74, 6) is 0.664. The highest BCUT2D eigenvalue weighted by Gasteiger charge is 2.15. The van der Waals surface area contributed by atoms with Gasteiger partial charge in [-0.2, -0.15) is 5.26 Å². The Kier molecular flexibility index (Phi) is 5.61. The van der Waals surface area contributed by atoms with Gasteiger partial charge in [0.15, 0.2) is 5.16 Å². The van der Waals surface area contributed by atoms with Crippen molar-refractivity contribution in [2.75, 3.05) is 0 Å². The van der Waals surface area contributed by atoms with Gasteiger partial charge in [0, 0.05) is 17.2 Å². The van der Waals surface area contributed by atoms with E-state index in [1.807, 2.05) is 48.5 Å². The van der Waals surface area contributed by atoms with Gasteiger partial charge in [0.2, 0.25) is 0 Å². The molecule has 0 unspecified atom stereocenters. The van der Waals surface area contributed by atoms with Crippen molar-refractivity contribution in [3.8, 4) is 16.5 Å². The van der Waals surface area contributed by atoms with Gasteiger partial charge in [0.1, 0.15) is 4.83 Å². The number of thioether (sulfide) groups is 1. The summed E-state index contributed by atoms with van der Waals surface area (Å²) in [6, 6.07) is 21.5. The molecule has 4 aromatic rings. The predicted molar refractivity (Wildman–Crippen MR) is 120 cm³/mol. The fourth-order valence-corrected chi connectivity index (χ4v) is 5.01. The maximum absolute atomic E-state index is 13.1. The number of thiophene rings is 1. The van der Waals surface area contributed by atoms with Crippen molar-refractivity contribution in [2.45, 2.75) is 17.5 Å². The SMILES string of the molecule is C=CCn1c(SCc2ccc(C#N)cc2)nc2sc(-c3ccccc3)cc2c1=O. The van der Waals surface area contributed by atoms with Gasteiger partial charge >= 0.3 is 0 Å². The number of aromatic nitrogens is 2. The minimum Gasteiger partial charge on any atom is -0.283 e. The van der Waals surface area contributed by atoms with E-state index in [2.05, 4.69) is 12.6 Å². The van der Waals surface area contributed by atoms with E-state index < -0.39 is 0 Å². The summed E-state index contributed by atoms with van der Waals surface area (Å²) in [5.41, 5.74) is 2.74. The minimum atomic E-state index is -0.0457. The van der Waals surface area contributed by atoms with Crippen molar-refractivity contribution >= 4 is 33.3 Å². The smallest absolute Gasteiger partial charge is 0.263 e. The minimum absolute atomic E-state index is 0.0457. The van der Waals surface area contributed by atoms with E-state index >= 15 is 0 Å². The largest absolute Gasteiger partial charge is 0.283 e. The van der Waals surface area contributed by atoms with E-state index in [4.69, 9.17) is 10.2 Å². The standard InChI is InChI=1S/C23H17N3OS2/c1-2-12-26-22(27)19-13-20(18-6-4-3-5-7-18)29-21(19)25-23(26)28-15-17-10-8-16(14-24)9-11-17/h2-11,13H,1,12,15H2. The van der Waals surface area contributed by atoms with Crippen molar-refractivity contribution in [2.24, 2.45) is 0 Å². The number of nitriles is 1. The van der Waals surface area contributed by atoms with Crippen LogP contribution in [0.5, 0.6) is 0 Å².